The average Bonchev–Trinajstić information content (AvgIpc) is 3.00. The lowest BCUT2D eigenvalue weighted by Crippen LogP contribution is -2.44. The van der Waals surface area contributed by atoms with Crippen molar-refractivity contribution < 1.29 is 22.4 Å². The molecule has 0 bridgehead atoms. The van der Waals surface area contributed by atoms with Gasteiger partial charge >= 0.3 is 0 Å². The van der Waals surface area contributed by atoms with Crippen molar-refractivity contribution in [3.05, 3.63) is 54.0 Å². The third-order valence-electron chi connectivity index (χ3n) is 3.45. The molecule has 0 saturated carbocycles. The summed E-state index contributed by atoms with van der Waals surface area (Å²) in [7, 11) is -2.76. The fourth-order valence-electron chi connectivity index (χ4n) is 2.35. The van der Waals surface area contributed by atoms with Crippen LogP contribution in [0.4, 0.5) is 0 Å². The fourth-order valence-corrected chi connectivity index (χ4v) is 3.72. The molecule has 21 heavy (non-hydrogen) atoms. The van der Waals surface area contributed by atoms with Crippen molar-refractivity contribution in [1.29, 1.82) is 0 Å². The Kier molecular flexibility index (Phi) is 2.94. The summed E-state index contributed by atoms with van der Waals surface area (Å²) in [6.45, 7) is 0. The maximum atomic E-state index is 12.5. The lowest BCUT2D eigenvalue weighted by molar-refractivity contribution is -0.126. The smallest absolute Gasteiger partial charge is 0.266 e. The number of nitrogens with zero attached hydrogens (tertiary/aromatic N) is 1. The molecule has 0 fully saturated rings. The SMILES string of the molecule is CN1C(=O)C(C(=O)c2ccco2)c2ccccc2S1(=O)=O. The van der Waals surface area contributed by atoms with Gasteiger partial charge in [-0.3, -0.25) is 9.59 Å². The molecule has 0 radical (unpaired) electrons. The maximum absolute atomic E-state index is 12.5. The van der Waals surface area contributed by atoms with Crippen molar-refractivity contribution in [2.45, 2.75) is 10.8 Å². The molecule has 1 aliphatic heterocycles. The van der Waals surface area contributed by atoms with Crippen molar-refractivity contribution in [2.24, 2.45) is 0 Å². The van der Waals surface area contributed by atoms with Gasteiger partial charge in [-0.15, -0.1) is 0 Å². The molecule has 3 rings (SSSR count). The summed E-state index contributed by atoms with van der Waals surface area (Å²) in [5.74, 6) is -2.52. The molecule has 1 amide bonds. The molecule has 1 aliphatic rings. The van der Waals surface area contributed by atoms with Crippen molar-refractivity contribution in [3.63, 3.8) is 0 Å². The molecule has 1 aromatic carbocycles. The van der Waals surface area contributed by atoms with E-state index < -0.39 is 27.6 Å². The number of likely N-dealkylation sites (N-methyl/N-ethyl adjacent to an activating group) is 1. The Morgan fingerprint density at radius 3 is 2.57 bits per heavy atom. The third-order valence-corrected chi connectivity index (χ3v) is 5.28. The van der Waals surface area contributed by atoms with E-state index in [2.05, 4.69) is 0 Å². The number of amides is 1. The van der Waals surface area contributed by atoms with Gasteiger partial charge in [-0.1, -0.05) is 18.2 Å². The summed E-state index contributed by atoms with van der Waals surface area (Å²) in [5, 5.41) is 0. The van der Waals surface area contributed by atoms with Crippen molar-refractivity contribution in [2.75, 3.05) is 7.05 Å². The average molecular weight is 305 g/mol. The topological polar surface area (TPSA) is 84.7 Å². The number of hydrogen-bond donors (Lipinski definition) is 0. The normalized spacial score (nSPS) is 20.1. The Hall–Kier alpha value is -2.41. The lowest BCUT2D eigenvalue weighted by Gasteiger charge is -2.29. The first-order chi connectivity index (χ1) is 9.94. The van der Waals surface area contributed by atoms with Crippen LogP contribution in [0, 0.1) is 0 Å². The summed E-state index contributed by atoms with van der Waals surface area (Å²) in [6, 6.07) is 8.98. The van der Waals surface area contributed by atoms with Gasteiger partial charge in [0.05, 0.1) is 11.2 Å². The van der Waals surface area contributed by atoms with Crippen LogP contribution in [0.3, 0.4) is 0 Å². The van der Waals surface area contributed by atoms with Crippen LogP contribution in [0.5, 0.6) is 0 Å². The number of carbonyl (C=O) groups excluding carboxylic acids is 2. The zero-order chi connectivity index (χ0) is 15.2. The standard InChI is InChI=1S/C14H11NO5S/c1-15-14(17)12(13(16)10-6-4-8-20-10)9-5-2-3-7-11(9)21(15,18)19/h2-8,12H,1H3. The van der Waals surface area contributed by atoms with Crippen LogP contribution in [0.25, 0.3) is 0 Å². The van der Waals surface area contributed by atoms with Gasteiger partial charge in [0.2, 0.25) is 5.78 Å². The molecule has 0 spiro atoms. The van der Waals surface area contributed by atoms with Gasteiger partial charge in [-0.05, 0) is 23.8 Å². The summed E-state index contributed by atoms with van der Waals surface area (Å²) in [4.78, 5) is 24.7. The number of benzene rings is 1. The van der Waals surface area contributed by atoms with E-state index in [-0.39, 0.29) is 16.2 Å². The van der Waals surface area contributed by atoms with Crippen molar-refractivity contribution >= 4 is 21.7 Å². The highest BCUT2D eigenvalue weighted by Gasteiger charge is 2.45. The Morgan fingerprint density at radius 1 is 1.19 bits per heavy atom. The number of carbonyl (C=O) groups is 2. The molecule has 2 aromatic rings. The molecule has 1 unspecified atom stereocenters. The van der Waals surface area contributed by atoms with Gasteiger partial charge in [0.1, 0.15) is 5.92 Å². The van der Waals surface area contributed by atoms with Gasteiger partial charge in [0.15, 0.2) is 5.76 Å². The van der Waals surface area contributed by atoms with E-state index in [0.717, 1.165) is 7.05 Å². The van der Waals surface area contributed by atoms with Gasteiger partial charge in [-0.2, -0.15) is 0 Å². The first-order valence-corrected chi connectivity index (χ1v) is 7.58. The minimum Gasteiger partial charge on any atom is -0.461 e. The van der Waals surface area contributed by atoms with E-state index in [0.29, 0.717) is 4.31 Å². The molecule has 108 valence electrons. The number of sulfonamides is 1. The lowest BCUT2D eigenvalue weighted by atomic mass is 9.92. The minimum absolute atomic E-state index is 0.0239. The van der Waals surface area contributed by atoms with E-state index >= 15 is 0 Å². The van der Waals surface area contributed by atoms with Crippen LogP contribution in [0.2, 0.25) is 0 Å². The second-order valence-corrected chi connectivity index (χ2v) is 6.56. The largest absolute Gasteiger partial charge is 0.461 e. The number of hydrogen-bond acceptors (Lipinski definition) is 5. The molecule has 6 nitrogen and oxygen atoms in total. The number of furan rings is 1. The highest BCUT2D eigenvalue weighted by atomic mass is 32.2. The minimum atomic E-state index is -3.90. The second kappa shape index (κ2) is 4.56. The predicted molar refractivity (Wildman–Crippen MR) is 72.2 cm³/mol. The number of rotatable bonds is 2. The van der Waals surface area contributed by atoms with E-state index in [1.54, 1.807) is 12.1 Å². The molecule has 0 N–H and O–H groups in total. The molecule has 1 aromatic heterocycles. The van der Waals surface area contributed by atoms with Crippen LogP contribution in [-0.4, -0.2) is 31.5 Å². The molecular weight excluding hydrogens is 294 g/mol. The molecule has 0 saturated heterocycles. The van der Waals surface area contributed by atoms with E-state index in [1.165, 1.54) is 30.5 Å². The van der Waals surface area contributed by atoms with Gasteiger partial charge in [0, 0.05) is 7.05 Å². The number of ketones is 1. The third kappa shape index (κ3) is 1.89. The summed E-state index contributed by atoms with van der Waals surface area (Å²) >= 11 is 0. The van der Waals surface area contributed by atoms with Gasteiger partial charge < -0.3 is 4.42 Å². The van der Waals surface area contributed by atoms with E-state index in [1.807, 2.05) is 0 Å². The van der Waals surface area contributed by atoms with Crippen molar-refractivity contribution in [3.8, 4) is 0 Å². The zero-order valence-electron chi connectivity index (χ0n) is 11.0. The van der Waals surface area contributed by atoms with Crippen LogP contribution in [0.15, 0.2) is 52.0 Å². The highest BCUT2D eigenvalue weighted by Crippen LogP contribution is 2.35. The van der Waals surface area contributed by atoms with Crippen LogP contribution in [-0.2, 0) is 14.8 Å². The quantitative estimate of drug-likeness (QED) is 0.618. The second-order valence-electron chi connectivity index (χ2n) is 4.62. The number of fused-ring (bicyclic) bond motifs is 1. The molecule has 0 aliphatic carbocycles. The number of Topliss-reactive ketones (excluding diaryl/α,β-unsaturated/α-hetero) is 1. The Balaban J connectivity index is 2.22. The molecule has 2 heterocycles. The molecular formula is C14H11NO5S. The fraction of sp³-hybridized carbons (Fsp3) is 0.143. The Morgan fingerprint density at radius 2 is 1.90 bits per heavy atom. The van der Waals surface area contributed by atoms with Crippen LogP contribution >= 0.6 is 0 Å². The predicted octanol–water partition coefficient (Wildman–Crippen LogP) is 1.41. The zero-order valence-corrected chi connectivity index (χ0v) is 11.8. The maximum Gasteiger partial charge on any atom is 0.266 e. The summed E-state index contributed by atoms with van der Waals surface area (Å²) < 4.78 is 30.1. The monoisotopic (exact) mass is 305 g/mol. The first kappa shape index (κ1) is 13.6. The highest BCUT2D eigenvalue weighted by molar-refractivity contribution is 7.89. The Bertz CT molecular complexity index is 823. The van der Waals surface area contributed by atoms with Gasteiger partial charge in [-0.25, -0.2) is 12.7 Å². The first-order valence-electron chi connectivity index (χ1n) is 6.14. The molecule has 7 heteroatoms. The Labute approximate surface area is 121 Å². The van der Waals surface area contributed by atoms with Crippen LogP contribution < -0.4 is 0 Å². The van der Waals surface area contributed by atoms with E-state index in [9.17, 15) is 18.0 Å². The van der Waals surface area contributed by atoms with Gasteiger partial charge in [0.25, 0.3) is 15.9 Å². The van der Waals surface area contributed by atoms with Crippen molar-refractivity contribution in [1.82, 2.24) is 4.31 Å². The summed E-state index contributed by atoms with van der Waals surface area (Å²) in [5.41, 5.74) is 0.182. The molecule has 1 atom stereocenters. The summed E-state index contributed by atoms with van der Waals surface area (Å²) in [6.07, 6.45) is 1.33. The van der Waals surface area contributed by atoms with E-state index in [4.69, 9.17) is 4.42 Å². The van der Waals surface area contributed by atoms with Crippen LogP contribution in [0.1, 0.15) is 22.0 Å².